The smallest absolute Gasteiger partial charge is 0.358 e. The SMILES string of the molecule is CC(=O)NC(=O)c1cc(C)cc([N+](=O)[O-])n1. The molecule has 0 bridgehead atoms. The van der Waals surface area contributed by atoms with E-state index in [-0.39, 0.29) is 5.69 Å². The second-order valence-electron chi connectivity index (χ2n) is 3.16. The van der Waals surface area contributed by atoms with Crippen molar-refractivity contribution in [2.45, 2.75) is 13.8 Å². The number of hydrogen-bond acceptors (Lipinski definition) is 5. The molecule has 0 saturated carbocycles. The summed E-state index contributed by atoms with van der Waals surface area (Å²) in [7, 11) is 0. The highest BCUT2D eigenvalue weighted by Gasteiger charge is 2.18. The lowest BCUT2D eigenvalue weighted by Crippen LogP contribution is -2.28. The summed E-state index contributed by atoms with van der Waals surface area (Å²) < 4.78 is 0. The highest BCUT2D eigenvalue weighted by Crippen LogP contribution is 2.11. The minimum Gasteiger partial charge on any atom is -0.358 e. The standard InChI is InChI=1S/C9H9N3O4/c1-5-3-7(9(14)10-6(2)13)11-8(4-5)12(15)16/h3-4H,1-2H3,(H,10,13,14). The third-order valence-corrected chi connectivity index (χ3v) is 1.67. The van der Waals surface area contributed by atoms with E-state index in [0.717, 1.165) is 0 Å². The van der Waals surface area contributed by atoms with Crippen LogP contribution in [0, 0.1) is 17.0 Å². The highest BCUT2D eigenvalue weighted by atomic mass is 16.6. The first-order valence-corrected chi connectivity index (χ1v) is 4.35. The zero-order chi connectivity index (χ0) is 12.3. The Balaban J connectivity index is 3.09. The molecule has 0 aliphatic carbocycles. The van der Waals surface area contributed by atoms with Crippen molar-refractivity contribution < 1.29 is 14.5 Å². The number of nitro groups is 1. The molecule has 0 saturated heterocycles. The van der Waals surface area contributed by atoms with Crippen LogP contribution in [0.3, 0.4) is 0 Å². The molecule has 84 valence electrons. The molecule has 0 radical (unpaired) electrons. The average Bonchev–Trinajstić information content (AvgIpc) is 2.15. The molecule has 1 heterocycles. The van der Waals surface area contributed by atoms with Gasteiger partial charge in [-0.25, -0.2) is 0 Å². The van der Waals surface area contributed by atoms with E-state index in [2.05, 4.69) is 4.98 Å². The van der Waals surface area contributed by atoms with Crippen molar-refractivity contribution in [3.63, 3.8) is 0 Å². The molecule has 0 aliphatic heterocycles. The van der Waals surface area contributed by atoms with Crippen molar-refractivity contribution in [3.8, 4) is 0 Å². The number of aromatic nitrogens is 1. The predicted octanol–water partition coefficient (Wildman–Crippen LogP) is 0.575. The first-order valence-electron chi connectivity index (χ1n) is 4.35. The summed E-state index contributed by atoms with van der Waals surface area (Å²) in [6, 6.07) is 2.61. The summed E-state index contributed by atoms with van der Waals surface area (Å²) in [5, 5.41) is 12.5. The lowest BCUT2D eigenvalue weighted by Gasteiger charge is -1.99. The Morgan fingerprint density at radius 1 is 1.44 bits per heavy atom. The van der Waals surface area contributed by atoms with Gasteiger partial charge in [-0.1, -0.05) is 0 Å². The van der Waals surface area contributed by atoms with Gasteiger partial charge in [0.25, 0.3) is 0 Å². The van der Waals surface area contributed by atoms with Gasteiger partial charge in [-0.15, -0.1) is 0 Å². The van der Waals surface area contributed by atoms with Gasteiger partial charge in [-0.2, -0.15) is 0 Å². The number of rotatable bonds is 2. The van der Waals surface area contributed by atoms with Gasteiger partial charge in [-0.05, 0) is 28.5 Å². The fourth-order valence-electron chi connectivity index (χ4n) is 1.08. The number of pyridine rings is 1. The van der Waals surface area contributed by atoms with E-state index in [1.54, 1.807) is 6.92 Å². The largest absolute Gasteiger partial charge is 0.364 e. The molecule has 16 heavy (non-hydrogen) atoms. The number of imide groups is 1. The van der Waals surface area contributed by atoms with Crippen molar-refractivity contribution in [2.24, 2.45) is 0 Å². The van der Waals surface area contributed by atoms with Crippen LogP contribution in [0.5, 0.6) is 0 Å². The van der Waals surface area contributed by atoms with Gasteiger partial charge in [-0.3, -0.25) is 14.9 Å². The lowest BCUT2D eigenvalue weighted by atomic mass is 10.2. The van der Waals surface area contributed by atoms with E-state index in [1.807, 2.05) is 5.32 Å². The Hall–Kier alpha value is -2.31. The van der Waals surface area contributed by atoms with Crippen LogP contribution in [0.2, 0.25) is 0 Å². The number of aryl methyl sites for hydroxylation is 1. The van der Waals surface area contributed by atoms with E-state index < -0.39 is 22.6 Å². The van der Waals surface area contributed by atoms with Crippen LogP contribution in [0.1, 0.15) is 23.0 Å². The fourth-order valence-corrected chi connectivity index (χ4v) is 1.08. The quantitative estimate of drug-likeness (QED) is 0.583. The summed E-state index contributed by atoms with van der Waals surface area (Å²) in [6.45, 7) is 2.77. The lowest BCUT2D eigenvalue weighted by molar-refractivity contribution is -0.389. The van der Waals surface area contributed by atoms with Gasteiger partial charge < -0.3 is 10.1 Å². The van der Waals surface area contributed by atoms with Gasteiger partial charge in [0.15, 0.2) is 0 Å². The maximum Gasteiger partial charge on any atom is 0.364 e. The molecule has 0 aromatic carbocycles. The zero-order valence-corrected chi connectivity index (χ0v) is 8.68. The Labute approximate surface area is 90.6 Å². The maximum absolute atomic E-state index is 11.4. The molecule has 7 nitrogen and oxygen atoms in total. The van der Waals surface area contributed by atoms with Crippen LogP contribution in [-0.4, -0.2) is 21.7 Å². The summed E-state index contributed by atoms with van der Waals surface area (Å²) in [5.41, 5.74) is 0.373. The molecule has 1 N–H and O–H groups in total. The number of carbonyl (C=O) groups is 2. The summed E-state index contributed by atoms with van der Waals surface area (Å²) >= 11 is 0. The summed E-state index contributed by atoms with van der Waals surface area (Å²) in [6.07, 6.45) is 0. The predicted molar refractivity (Wildman–Crippen MR) is 53.8 cm³/mol. The van der Waals surface area contributed by atoms with Crippen LogP contribution in [0.4, 0.5) is 5.82 Å². The Kier molecular flexibility index (Phi) is 3.29. The molecule has 2 amide bonds. The molecule has 7 heteroatoms. The van der Waals surface area contributed by atoms with Crippen molar-refractivity contribution in [3.05, 3.63) is 33.5 Å². The van der Waals surface area contributed by atoms with Crippen LogP contribution in [0.25, 0.3) is 0 Å². The zero-order valence-electron chi connectivity index (χ0n) is 8.68. The molecule has 0 fully saturated rings. The van der Waals surface area contributed by atoms with Gasteiger partial charge in [0, 0.05) is 13.0 Å². The molecule has 0 aliphatic rings. The molecular weight excluding hydrogens is 214 g/mol. The molecule has 1 rings (SSSR count). The van der Waals surface area contributed by atoms with Gasteiger partial charge >= 0.3 is 11.7 Å². The van der Waals surface area contributed by atoms with Gasteiger partial charge in [0.1, 0.15) is 0 Å². The van der Waals surface area contributed by atoms with E-state index in [4.69, 9.17) is 0 Å². The van der Waals surface area contributed by atoms with Gasteiger partial charge in [0.05, 0.1) is 0 Å². The molecular formula is C9H9N3O4. The number of amides is 2. The van der Waals surface area contributed by atoms with Crippen molar-refractivity contribution in [1.29, 1.82) is 0 Å². The second kappa shape index (κ2) is 4.47. The first kappa shape index (κ1) is 11.8. The third kappa shape index (κ3) is 2.84. The van der Waals surface area contributed by atoms with E-state index in [0.29, 0.717) is 5.56 Å². The van der Waals surface area contributed by atoms with Gasteiger partial charge in [0.2, 0.25) is 11.6 Å². The topological polar surface area (TPSA) is 102 Å². The maximum atomic E-state index is 11.4. The van der Waals surface area contributed by atoms with Crippen LogP contribution in [-0.2, 0) is 4.79 Å². The highest BCUT2D eigenvalue weighted by molar-refractivity contribution is 6.03. The molecule has 0 unspecified atom stereocenters. The Bertz CT molecular complexity index is 470. The normalized spacial score (nSPS) is 9.62. The number of nitrogens with one attached hydrogen (secondary N) is 1. The first-order chi connectivity index (χ1) is 7.40. The second-order valence-corrected chi connectivity index (χ2v) is 3.16. The molecule has 1 aromatic heterocycles. The molecule has 1 aromatic rings. The number of nitrogens with zero attached hydrogens (tertiary/aromatic N) is 2. The Morgan fingerprint density at radius 3 is 2.56 bits per heavy atom. The molecule has 0 spiro atoms. The van der Waals surface area contributed by atoms with Crippen molar-refractivity contribution in [1.82, 2.24) is 10.3 Å². The third-order valence-electron chi connectivity index (χ3n) is 1.67. The van der Waals surface area contributed by atoms with Crippen LogP contribution in [0.15, 0.2) is 12.1 Å². The minimum absolute atomic E-state index is 0.151. The average molecular weight is 223 g/mol. The number of hydrogen-bond donors (Lipinski definition) is 1. The van der Waals surface area contributed by atoms with E-state index >= 15 is 0 Å². The van der Waals surface area contributed by atoms with Crippen molar-refractivity contribution >= 4 is 17.6 Å². The minimum atomic E-state index is -0.751. The monoisotopic (exact) mass is 223 g/mol. The number of carbonyl (C=O) groups excluding carboxylic acids is 2. The summed E-state index contributed by atoms with van der Waals surface area (Å²) in [4.78, 5) is 35.3. The van der Waals surface area contributed by atoms with Crippen LogP contribution < -0.4 is 5.32 Å². The fraction of sp³-hybridized carbons (Fsp3) is 0.222. The Morgan fingerprint density at radius 2 is 2.06 bits per heavy atom. The summed E-state index contributed by atoms with van der Waals surface area (Å²) in [5.74, 6) is -1.72. The van der Waals surface area contributed by atoms with Crippen LogP contribution >= 0.6 is 0 Å². The van der Waals surface area contributed by atoms with E-state index in [1.165, 1.54) is 19.1 Å². The molecule has 0 atom stereocenters. The van der Waals surface area contributed by atoms with Crippen molar-refractivity contribution in [2.75, 3.05) is 0 Å². The van der Waals surface area contributed by atoms with E-state index in [9.17, 15) is 19.7 Å².